The number of hydrogen-bond acceptors (Lipinski definition) is 5. The Labute approximate surface area is 158 Å². The topological polar surface area (TPSA) is 71.0 Å². The minimum absolute atomic E-state index is 0.00626. The molecular formula is C19H14F3N5O. The standard InChI is InChI=1S/C19H14F3N5O/c1-27-14-3-2-13(8-12(14)9-17(27)28)24-16-10-15(19(20,21)22)25-18(26-16)11-4-6-23-7-5-11/h2-8,10H,9H2,1H3,(H,24,25,26). The van der Waals surface area contributed by atoms with E-state index in [0.717, 1.165) is 17.3 Å². The van der Waals surface area contributed by atoms with Gasteiger partial charge in [-0.25, -0.2) is 9.97 Å². The van der Waals surface area contributed by atoms with E-state index >= 15 is 0 Å². The van der Waals surface area contributed by atoms with Gasteiger partial charge in [-0.3, -0.25) is 9.78 Å². The lowest BCUT2D eigenvalue weighted by atomic mass is 10.1. The number of fused-ring (bicyclic) bond motifs is 1. The van der Waals surface area contributed by atoms with E-state index in [1.807, 2.05) is 0 Å². The summed E-state index contributed by atoms with van der Waals surface area (Å²) in [5, 5.41) is 2.89. The van der Waals surface area contributed by atoms with E-state index in [-0.39, 0.29) is 24.0 Å². The molecule has 6 nitrogen and oxygen atoms in total. The first-order valence-corrected chi connectivity index (χ1v) is 8.34. The summed E-state index contributed by atoms with van der Waals surface area (Å²) in [6, 6.07) is 9.10. The van der Waals surface area contributed by atoms with Gasteiger partial charge in [-0.1, -0.05) is 0 Å². The number of carbonyl (C=O) groups excluding carboxylic acids is 1. The van der Waals surface area contributed by atoms with Gasteiger partial charge in [-0.2, -0.15) is 13.2 Å². The van der Waals surface area contributed by atoms with E-state index in [1.165, 1.54) is 24.5 Å². The van der Waals surface area contributed by atoms with Crippen molar-refractivity contribution in [1.29, 1.82) is 0 Å². The zero-order chi connectivity index (χ0) is 19.9. The van der Waals surface area contributed by atoms with Crippen LogP contribution in [0.1, 0.15) is 11.3 Å². The number of anilines is 3. The number of aromatic nitrogens is 3. The number of alkyl halides is 3. The zero-order valence-electron chi connectivity index (χ0n) is 14.7. The van der Waals surface area contributed by atoms with Crippen molar-refractivity contribution in [2.24, 2.45) is 0 Å². The van der Waals surface area contributed by atoms with E-state index in [1.54, 1.807) is 30.1 Å². The molecule has 2 aromatic heterocycles. The number of pyridine rings is 1. The molecule has 0 radical (unpaired) electrons. The molecule has 0 fully saturated rings. The second kappa shape index (κ2) is 6.59. The van der Waals surface area contributed by atoms with Crippen molar-refractivity contribution in [2.45, 2.75) is 12.6 Å². The van der Waals surface area contributed by atoms with Crippen molar-refractivity contribution in [2.75, 3.05) is 17.3 Å². The molecule has 3 heterocycles. The largest absolute Gasteiger partial charge is 0.433 e. The van der Waals surface area contributed by atoms with Crippen LogP contribution in [0.3, 0.4) is 0 Å². The lowest BCUT2D eigenvalue weighted by Crippen LogP contribution is -2.20. The number of hydrogen-bond donors (Lipinski definition) is 1. The predicted octanol–water partition coefficient (Wildman–Crippen LogP) is 3.82. The summed E-state index contributed by atoms with van der Waals surface area (Å²) in [6.45, 7) is 0. The van der Waals surface area contributed by atoms with Gasteiger partial charge >= 0.3 is 6.18 Å². The fourth-order valence-corrected chi connectivity index (χ4v) is 2.98. The van der Waals surface area contributed by atoms with Gasteiger partial charge in [-0.05, 0) is 35.9 Å². The number of nitrogens with one attached hydrogen (secondary N) is 1. The quantitative estimate of drug-likeness (QED) is 0.742. The number of carbonyl (C=O) groups is 1. The van der Waals surface area contributed by atoms with Crippen molar-refractivity contribution in [3.05, 3.63) is 60.0 Å². The van der Waals surface area contributed by atoms with Crippen molar-refractivity contribution in [3.8, 4) is 11.4 Å². The molecule has 1 aromatic carbocycles. The second-order valence-electron chi connectivity index (χ2n) is 6.29. The van der Waals surface area contributed by atoms with E-state index in [9.17, 15) is 18.0 Å². The first-order chi connectivity index (χ1) is 13.3. The summed E-state index contributed by atoms with van der Waals surface area (Å²) in [7, 11) is 1.68. The maximum atomic E-state index is 13.3. The van der Waals surface area contributed by atoms with E-state index in [2.05, 4.69) is 20.3 Å². The third-order valence-corrected chi connectivity index (χ3v) is 4.38. The normalized spacial score (nSPS) is 13.6. The van der Waals surface area contributed by atoms with Gasteiger partial charge in [0.15, 0.2) is 11.5 Å². The lowest BCUT2D eigenvalue weighted by molar-refractivity contribution is -0.141. The van der Waals surface area contributed by atoms with Crippen LogP contribution < -0.4 is 10.2 Å². The minimum atomic E-state index is -4.62. The van der Waals surface area contributed by atoms with Crippen LogP contribution in [0.4, 0.5) is 30.4 Å². The van der Waals surface area contributed by atoms with E-state index < -0.39 is 11.9 Å². The van der Waals surface area contributed by atoms with Gasteiger partial charge in [-0.15, -0.1) is 0 Å². The van der Waals surface area contributed by atoms with Crippen LogP contribution in [-0.2, 0) is 17.4 Å². The molecule has 0 unspecified atom stereocenters. The Kier molecular flexibility index (Phi) is 4.21. The Morgan fingerprint density at radius 2 is 1.82 bits per heavy atom. The Hall–Kier alpha value is -3.49. The average molecular weight is 385 g/mol. The lowest BCUT2D eigenvalue weighted by Gasteiger charge is -2.13. The van der Waals surface area contributed by atoms with Crippen LogP contribution in [0.15, 0.2) is 48.8 Å². The summed E-state index contributed by atoms with van der Waals surface area (Å²) >= 11 is 0. The number of rotatable bonds is 3. The number of benzene rings is 1. The molecule has 3 aromatic rings. The van der Waals surface area contributed by atoms with Crippen molar-refractivity contribution in [3.63, 3.8) is 0 Å². The van der Waals surface area contributed by atoms with Crippen molar-refractivity contribution >= 4 is 23.1 Å². The molecular weight excluding hydrogens is 371 g/mol. The molecule has 1 amide bonds. The number of nitrogens with zero attached hydrogens (tertiary/aromatic N) is 4. The van der Waals surface area contributed by atoms with Crippen LogP contribution in [0, 0.1) is 0 Å². The van der Waals surface area contributed by atoms with Gasteiger partial charge in [0.2, 0.25) is 5.91 Å². The highest BCUT2D eigenvalue weighted by molar-refractivity contribution is 6.01. The summed E-state index contributed by atoms with van der Waals surface area (Å²) in [4.78, 5) is 25.1. The highest BCUT2D eigenvalue weighted by Crippen LogP contribution is 2.33. The highest BCUT2D eigenvalue weighted by atomic mass is 19.4. The fourth-order valence-electron chi connectivity index (χ4n) is 2.98. The summed E-state index contributed by atoms with van der Waals surface area (Å²) in [5.41, 5.74) is 1.50. The smallest absolute Gasteiger partial charge is 0.340 e. The minimum Gasteiger partial charge on any atom is -0.340 e. The Morgan fingerprint density at radius 1 is 1.07 bits per heavy atom. The fraction of sp³-hybridized carbons (Fsp3) is 0.158. The Bertz CT molecular complexity index is 1050. The Morgan fingerprint density at radius 3 is 2.54 bits per heavy atom. The molecule has 0 spiro atoms. The van der Waals surface area contributed by atoms with Crippen LogP contribution in [0.25, 0.3) is 11.4 Å². The molecule has 9 heteroatoms. The predicted molar refractivity (Wildman–Crippen MR) is 97.1 cm³/mol. The summed E-state index contributed by atoms with van der Waals surface area (Å²) < 4.78 is 39.9. The maximum absolute atomic E-state index is 13.3. The molecule has 1 aliphatic heterocycles. The highest BCUT2D eigenvalue weighted by Gasteiger charge is 2.34. The van der Waals surface area contributed by atoms with E-state index in [0.29, 0.717) is 11.3 Å². The van der Waals surface area contributed by atoms with Crippen LogP contribution in [-0.4, -0.2) is 27.9 Å². The molecule has 1 aliphatic rings. The van der Waals surface area contributed by atoms with Gasteiger partial charge < -0.3 is 10.2 Å². The van der Waals surface area contributed by atoms with Gasteiger partial charge in [0, 0.05) is 42.4 Å². The first kappa shape index (κ1) is 17.9. The van der Waals surface area contributed by atoms with Gasteiger partial charge in [0.1, 0.15) is 5.82 Å². The van der Waals surface area contributed by atoms with Gasteiger partial charge in [0.25, 0.3) is 0 Å². The number of amides is 1. The van der Waals surface area contributed by atoms with Gasteiger partial charge in [0.05, 0.1) is 6.42 Å². The molecule has 28 heavy (non-hydrogen) atoms. The summed E-state index contributed by atoms with van der Waals surface area (Å²) in [5.74, 6) is -0.0870. The zero-order valence-corrected chi connectivity index (χ0v) is 14.7. The van der Waals surface area contributed by atoms with Crippen LogP contribution in [0.5, 0.6) is 0 Å². The van der Waals surface area contributed by atoms with Crippen LogP contribution in [0.2, 0.25) is 0 Å². The molecule has 0 aliphatic carbocycles. The SMILES string of the molecule is CN1C(=O)Cc2cc(Nc3cc(C(F)(F)F)nc(-c4ccncc4)n3)ccc21. The van der Waals surface area contributed by atoms with Crippen LogP contribution >= 0.6 is 0 Å². The Balaban J connectivity index is 1.72. The summed E-state index contributed by atoms with van der Waals surface area (Å²) in [6.07, 6.45) is -1.45. The maximum Gasteiger partial charge on any atom is 0.433 e. The third-order valence-electron chi connectivity index (χ3n) is 4.38. The number of likely N-dealkylation sites (N-methyl/N-ethyl adjacent to an activating group) is 1. The van der Waals surface area contributed by atoms with Crippen molar-refractivity contribution in [1.82, 2.24) is 15.0 Å². The second-order valence-corrected chi connectivity index (χ2v) is 6.29. The van der Waals surface area contributed by atoms with E-state index in [4.69, 9.17) is 0 Å². The molecule has 0 saturated heterocycles. The molecule has 0 saturated carbocycles. The molecule has 4 rings (SSSR count). The third kappa shape index (κ3) is 3.38. The van der Waals surface area contributed by atoms with Crippen molar-refractivity contribution < 1.29 is 18.0 Å². The number of halogens is 3. The molecule has 142 valence electrons. The average Bonchev–Trinajstić information content (AvgIpc) is 2.95. The molecule has 0 atom stereocenters. The molecule has 1 N–H and O–H groups in total. The molecule has 0 bridgehead atoms. The monoisotopic (exact) mass is 385 g/mol. The first-order valence-electron chi connectivity index (χ1n) is 8.34.